The van der Waals surface area contributed by atoms with Crippen molar-refractivity contribution in [2.24, 2.45) is 0 Å². The lowest BCUT2D eigenvalue weighted by molar-refractivity contribution is 0.0934. The highest BCUT2D eigenvalue weighted by Crippen LogP contribution is 2.18. The summed E-state index contributed by atoms with van der Waals surface area (Å²) >= 11 is 5.87. The minimum absolute atomic E-state index is 0.0348. The molecule has 2 N–H and O–H groups in total. The van der Waals surface area contributed by atoms with Crippen LogP contribution in [0.4, 0.5) is 0 Å². The molecule has 1 amide bonds. The summed E-state index contributed by atoms with van der Waals surface area (Å²) in [7, 11) is 0. The number of Topliss-reactive ketones (excluding diaryl/α,β-unsaturated/α-hetero) is 1. The number of hydrogen-bond donors (Lipinski definition) is 2. The van der Waals surface area contributed by atoms with Gasteiger partial charge in [-0.3, -0.25) is 9.59 Å². The monoisotopic (exact) mass is 332 g/mol. The number of aryl methyl sites for hydroxylation is 1. The van der Waals surface area contributed by atoms with Gasteiger partial charge in [0.15, 0.2) is 5.78 Å². The Morgan fingerprint density at radius 2 is 1.83 bits per heavy atom. The molecule has 1 heterocycles. The maximum absolute atomic E-state index is 12.4. The third-order valence-electron chi connectivity index (χ3n) is 3.85. The average molecular weight is 333 g/mol. The molecule has 5 heteroatoms. The van der Waals surface area contributed by atoms with Crippen LogP contribution in [-0.4, -0.2) is 22.7 Å². The number of amides is 1. The van der Waals surface area contributed by atoms with E-state index in [2.05, 4.69) is 10.3 Å². The van der Waals surface area contributed by atoms with Crippen LogP contribution in [0, 0.1) is 13.8 Å². The lowest BCUT2D eigenvalue weighted by Crippen LogP contribution is -2.34. The molecule has 0 aliphatic carbocycles. The fourth-order valence-corrected chi connectivity index (χ4v) is 2.95. The fourth-order valence-electron chi connectivity index (χ4n) is 2.83. The van der Waals surface area contributed by atoms with Gasteiger partial charge in [0, 0.05) is 22.3 Å². The van der Waals surface area contributed by atoms with Crippen LogP contribution in [0.15, 0.2) is 24.3 Å². The van der Waals surface area contributed by atoms with Gasteiger partial charge in [-0.25, -0.2) is 0 Å². The molecule has 0 saturated carbocycles. The summed E-state index contributed by atoms with van der Waals surface area (Å²) in [4.78, 5) is 27.1. The van der Waals surface area contributed by atoms with E-state index in [1.165, 1.54) is 6.92 Å². The van der Waals surface area contributed by atoms with Gasteiger partial charge in [0.2, 0.25) is 0 Å². The quantitative estimate of drug-likeness (QED) is 0.817. The summed E-state index contributed by atoms with van der Waals surface area (Å²) in [6.45, 7) is 7.05. The van der Waals surface area contributed by atoms with Crippen molar-refractivity contribution in [1.29, 1.82) is 0 Å². The molecule has 1 atom stereocenters. The van der Waals surface area contributed by atoms with E-state index in [0.717, 1.165) is 11.3 Å². The third-order valence-corrected chi connectivity index (χ3v) is 4.10. The maximum Gasteiger partial charge on any atom is 0.268 e. The van der Waals surface area contributed by atoms with E-state index >= 15 is 0 Å². The van der Waals surface area contributed by atoms with E-state index in [-0.39, 0.29) is 17.7 Å². The van der Waals surface area contributed by atoms with Crippen molar-refractivity contribution in [3.8, 4) is 0 Å². The van der Waals surface area contributed by atoms with E-state index < -0.39 is 0 Å². The molecule has 0 fully saturated rings. The smallest absolute Gasteiger partial charge is 0.268 e. The molecule has 0 saturated heterocycles. The summed E-state index contributed by atoms with van der Waals surface area (Å²) < 4.78 is 0. The predicted molar refractivity (Wildman–Crippen MR) is 92.4 cm³/mol. The second-order valence-corrected chi connectivity index (χ2v) is 6.32. The molecule has 23 heavy (non-hydrogen) atoms. The first-order chi connectivity index (χ1) is 10.8. The summed E-state index contributed by atoms with van der Waals surface area (Å²) in [5.74, 6) is -0.232. The molecule has 1 aromatic carbocycles. The van der Waals surface area contributed by atoms with Gasteiger partial charge in [-0.05, 0) is 57.4 Å². The van der Waals surface area contributed by atoms with Crippen LogP contribution in [0.25, 0.3) is 0 Å². The van der Waals surface area contributed by atoms with Crippen molar-refractivity contribution >= 4 is 23.3 Å². The molecule has 0 spiro atoms. The molecule has 2 aromatic rings. The molecular formula is C18H21ClN2O2. The number of benzene rings is 1. The van der Waals surface area contributed by atoms with Crippen LogP contribution in [0.3, 0.4) is 0 Å². The van der Waals surface area contributed by atoms with E-state index in [4.69, 9.17) is 11.6 Å². The maximum atomic E-state index is 12.4. The molecule has 2 rings (SSSR count). The lowest BCUT2D eigenvalue weighted by atomic mass is 10.1. The minimum atomic E-state index is -0.195. The lowest BCUT2D eigenvalue weighted by Gasteiger charge is -2.14. The Bertz CT molecular complexity index is 732. The van der Waals surface area contributed by atoms with Gasteiger partial charge in [-0.15, -0.1) is 0 Å². The van der Waals surface area contributed by atoms with Crippen molar-refractivity contribution in [1.82, 2.24) is 10.3 Å². The summed E-state index contributed by atoms with van der Waals surface area (Å²) in [5.41, 5.74) is 3.58. The molecular weight excluding hydrogens is 312 g/mol. The number of aromatic nitrogens is 1. The Labute approximate surface area is 141 Å². The van der Waals surface area contributed by atoms with Crippen LogP contribution in [-0.2, 0) is 6.42 Å². The largest absolute Gasteiger partial charge is 0.354 e. The second kappa shape index (κ2) is 7.01. The van der Waals surface area contributed by atoms with Gasteiger partial charge in [0.25, 0.3) is 5.91 Å². The molecule has 0 unspecified atom stereocenters. The number of ketones is 1. The van der Waals surface area contributed by atoms with Gasteiger partial charge >= 0.3 is 0 Å². The van der Waals surface area contributed by atoms with Gasteiger partial charge in [0.1, 0.15) is 5.69 Å². The summed E-state index contributed by atoms with van der Waals surface area (Å²) in [6.07, 6.45) is 0.710. The number of halogens is 1. The Morgan fingerprint density at radius 3 is 2.35 bits per heavy atom. The number of carbonyl (C=O) groups is 2. The highest BCUT2D eigenvalue weighted by Gasteiger charge is 2.20. The summed E-state index contributed by atoms with van der Waals surface area (Å²) in [6, 6.07) is 7.53. The Morgan fingerprint density at radius 1 is 1.22 bits per heavy atom. The Balaban J connectivity index is 2.08. The van der Waals surface area contributed by atoms with Gasteiger partial charge in [-0.1, -0.05) is 23.7 Å². The predicted octanol–water partition coefficient (Wildman–Crippen LogP) is 3.85. The standard InChI is InChI=1S/C18H21ClN2O2/c1-10(9-14-5-7-15(19)8-6-14)20-18(23)17-11(2)16(13(4)22)12(3)21-17/h5-8,10,21H,9H2,1-4H3,(H,20,23)/t10-/m1/s1. The molecule has 122 valence electrons. The van der Waals surface area contributed by atoms with E-state index in [1.807, 2.05) is 31.2 Å². The van der Waals surface area contributed by atoms with E-state index in [0.29, 0.717) is 28.3 Å². The van der Waals surface area contributed by atoms with Crippen LogP contribution in [0.5, 0.6) is 0 Å². The molecule has 0 bridgehead atoms. The topological polar surface area (TPSA) is 62.0 Å². The molecule has 0 radical (unpaired) electrons. The van der Waals surface area contributed by atoms with Crippen LogP contribution in [0.1, 0.15) is 51.5 Å². The molecule has 0 aliphatic heterocycles. The number of nitrogens with one attached hydrogen (secondary N) is 2. The zero-order valence-electron chi connectivity index (χ0n) is 13.8. The van der Waals surface area contributed by atoms with Crippen molar-refractivity contribution in [3.05, 3.63) is 57.4 Å². The molecule has 4 nitrogen and oxygen atoms in total. The Hall–Kier alpha value is -2.07. The Kier molecular flexibility index (Phi) is 5.26. The molecule has 0 aliphatic rings. The van der Waals surface area contributed by atoms with E-state index in [9.17, 15) is 9.59 Å². The first kappa shape index (κ1) is 17.3. The minimum Gasteiger partial charge on any atom is -0.354 e. The van der Waals surface area contributed by atoms with Crippen LogP contribution in [0.2, 0.25) is 5.02 Å². The summed E-state index contributed by atoms with van der Waals surface area (Å²) in [5, 5.41) is 3.66. The van der Waals surface area contributed by atoms with Crippen molar-refractivity contribution < 1.29 is 9.59 Å². The highest BCUT2D eigenvalue weighted by molar-refractivity contribution is 6.30. The zero-order valence-corrected chi connectivity index (χ0v) is 14.5. The fraction of sp³-hybridized carbons (Fsp3) is 0.333. The van der Waals surface area contributed by atoms with Crippen LogP contribution < -0.4 is 5.32 Å². The van der Waals surface area contributed by atoms with Crippen molar-refractivity contribution in [3.63, 3.8) is 0 Å². The van der Waals surface area contributed by atoms with Gasteiger partial charge < -0.3 is 10.3 Å². The van der Waals surface area contributed by atoms with Gasteiger partial charge in [-0.2, -0.15) is 0 Å². The number of H-pyrrole nitrogens is 1. The first-order valence-electron chi connectivity index (χ1n) is 7.55. The normalized spacial score (nSPS) is 12.0. The van der Waals surface area contributed by atoms with Crippen molar-refractivity contribution in [2.75, 3.05) is 0 Å². The SMILES string of the molecule is CC(=O)c1c(C)[nH]c(C(=O)N[C@H](C)Cc2ccc(Cl)cc2)c1C. The third kappa shape index (κ3) is 4.02. The van der Waals surface area contributed by atoms with Crippen molar-refractivity contribution in [2.45, 2.75) is 40.2 Å². The number of aromatic amines is 1. The molecule has 1 aromatic heterocycles. The van der Waals surface area contributed by atoms with E-state index in [1.54, 1.807) is 13.8 Å². The highest BCUT2D eigenvalue weighted by atomic mass is 35.5. The number of hydrogen-bond acceptors (Lipinski definition) is 2. The average Bonchev–Trinajstić information content (AvgIpc) is 2.76. The number of rotatable bonds is 5. The second-order valence-electron chi connectivity index (χ2n) is 5.89. The number of carbonyl (C=O) groups excluding carboxylic acids is 2. The first-order valence-corrected chi connectivity index (χ1v) is 7.92. The van der Waals surface area contributed by atoms with Gasteiger partial charge in [0.05, 0.1) is 0 Å². The van der Waals surface area contributed by atoms with Crippen LogP contribution >= 0.6 is 11.6 Å². The zero-order chi connectivity index (χ0) is 17.1.